The molecule has 17 heavy (non-hydrogen) atoms. The van der Waals surface area contributed by atoms with Crippen LogP contribution in [-0.2, 0) is 6.42 Å². The normalized spacial score (nSPS) is 19.7. The summed E-state index contributed by atoms with van der Waals surface area (Å²) in [6, 6.07) is 0.602. The first-order valence-electron chi connectivity index (χ1n) is 6.62. The van der Waals surface area contributed by atoms with E-state index in [1.54, 1.807) is 6.33 Å². The number of anilines is 2. The van der Waals surface area contributed by atoms with Crippen LogP contribution in [0, 0.1) is 0 Å². The molecular formula is C13H22N4. The van der Waals surface area contributed by atoms with Crippen LogP contribution in [0.25, 0.3) is 0 Å². The van der Waals surface area contributed by atoms with E-state index in [2.05, 4.69) is 41.0 Å². The molecule has 1 unspecified atom stereocenters. The monoisotopic (exact) mass is 234 g/mol. The van der Waals surface area contributed by atoms with Crippen LogP contribution < -0.4 is 10.2 Å². The van der Waals surface area contributed by atoms with Gasteiger partial charge in [0.25, 0.3) is 0 Å². The number of nitrogens with one attached hydrogen (secondary N) is 1. The standard InChI is InChI=1S/C13H22N4/c1-4-11-12(14-5-2)15-9-16-13(11)17-8-6-7-10(17)3/h9-10H,4-8H2,1-3H3,(H,14,15,16). The zero-order valence-electron chi connectivity index (χ0n) is 11.0. The van der Waals surface area contributed by atoms with Crippen LogP contribution in [0.1, 0.15) is 39.2 Å². The number of hydrogen-bond acceptors (Lipinski definition) is 4. The summed E-state index contributed by atoms with van der Waals surface area (Å²) in [5.74, 6) is 2.13. The molecule has 1 aromatic heterocycles. The average molecular weight is 234 g/mol. The topological polar surface area (TPSA) is 41.1 Å². The fourth-order valence-electron chi connectivity index (χ4n) is 2.54. The molecule has 2 rings (SSSR count). The maximum atomic E-state index is 4.50. The maximum absolute atomic E-state index is 4.50. The van der Waals surface area contributed by atoms with Crippen molar-refractivity contribution in [3.05, 3.63) is 11.9 Å². The molecule has 0 aliphatic carbocycles. The molecule has 1 aromatic rings. The molecule has 94 valence electrons. The lowest BCUT2D eigenvalue weighted by molar-refractivity contribution is 0.721. The van der Waals surface area contributed by atoms with Crippen molar-refractivity contribution in [2.75, 3.05) is 23.3 Å². The van der Waals surface area contributed by atoms with Gasteiger partial charge in [0.05, 0.1) is 0 Å². The van der Waals surface area contributed by atoms with Crippen molar-refractivity contribution in [2.24, 2.45) is 0 Å². The summed E-state index contributed by atoms with van der Waals surface area (Å²) < 4.78 is 0. The Morgan fingerprint density at radius 3 is 2.82 bits per heavy atom. The van der Waals surface area contributed by atoms with Crippen LogP contribution in [0.2, 0.25) is 0 Å². The van der Waals surface area contributed by atoms with Crippen LogP contribution in [-0.4, -0.2) is 29.1 Å². The number of nitrogens with zero attached hydrogens (tertiary/aromatic N) is 3. The second-order valence-corrected chi connectivity index (χ2v) is 4.59. The number of hydrogen-bond donors (Lipinski definition) is 1. The van der Waals surface area contributed by atoms with Gasteiger partial charge in [0.15, 0.2) is 0 Å². The van der Waals surface area contributed by atoms with E-state index in [9.17, 15) is 0 Å². The zero-order chi connectivity index (χ0) is 12.3. The van der Waals surface area contributed by atoms with E-state index < -0.39 is 0 Å². The Labute approximate surface area is 103 Å². The van der Waals surface area contributed by atoms with E-state index in [1.165, 1.54) is 18.4 Å². The second kappa shape index (κ2) is 5.34. The summed E-state index contributed by atoms with van der Waals surface area (Å²) in [7, 11) is 0. The van der Waals surface area contributed by atoms with Gasteiger partial charge in [-0.2, -0.15) is 0 Å². The summed E-state index contributed by atoms with van der Waals surface area (Å²) in [5, 5.41) is 3.33. The third-order valence-corrected chi connectivity index (χ3v) is 3.45. The highest BCUT2D eigenvalue weighted by Crippen LogP contribution is 2.29. The third kappa shape index (κ3) is 2.35. The summed E-state index contributed by atoms with van der Waals surface area (Å²) in [5.41, 5.74) is 1.25. The number of rotatable bonds is 4. The highest BCUT2D eigenvalue weighted by molar-refractivity contribution is 5.59. The minimum Gasteiger partial charge on any atom is -0.370 e. The van der Waals surface area contributed by atoms with Gasteiger partial charge >= 0.3 is 0 Å². The van der Waals surface area contributed by atoms with E-state index in [4.69, 9.17) is 0 Å². The van der Waals surface area contributed by atoms with Crippen molar-refractivity contribution < 1.29 is 0 Å². The summed E-state index contributed by atoms with van der Waals surface area (Å²) in [4.78, 5) is 11.3. The van der Waals surface area contributed by atoms with Crippen LogP contribution in [0.3, 0.4) is 0 Å². The van der Waals surface area contributed by atoms with Crippen LogP contribution in [0.4, 0.5) is 11.6 Å². The molecule has 1 aliphatic heterocycles. The molecule has 2 heterocycles. The van der Waals surface area contributed by atoms with E-state index in [0.29, 0.717) is 6.04 Å². The molecule has 1 fully saturated rings. The van der Waals surface area contributed by atoms with Gasteiger partial charge in [-0.3, -0.25) is 0 Å². The van der Waals surface area contributed by atoms with Gasteiger partial charge in [0.1, 0.15) is 18.0 Å². The first kappa shape index (κ1) is 12.1. The Hall–Kier alpha value is -1.32. The van der Waals surface area contributed by atoms with Gasteiger partial charge < -0.3 is 10.2 Å². The zero-order valence-corrected chi connectivity index (χ0v) is 11.0. The first-order chi connectivity index (χ1) is 8.27. The highest BCUT2D eigenvalue weighted by Gasteiger charge is 2.24. The van der Waals surface area contributed by atoms with Crippen LogP contribution in [0.15, 0.2) is 6.33 Å². The summed E-state index contributed by atoms with van der Waals surface area (Å²) >= 11 is 0. The van der Waals surface area contributed by atoms with Gasteiger partial charge in [-0.15, -0.1) is 0 Å². The van der Waals surface area contributed by atoms with Crippen molar-refractivity contribution in [1.29, 1.82) is 0 Å². The summed E-state index contributed by atoms with van der Waals surface area (Å²) in [6.07, 6.45) is 5.19. The molecule has 4 nitrogen and oxygen atoms in total. The fraction of sp³-hybridized carbons (Fsp3) is 0.692. The Balaban J connectivity index is 2.35. The summed E-state index contributed by atoms with van der Waals surface area (Å²) in [6.45, 7) is 8.57. The molecule has 1 N–H and O–H groups in total. The van der Waals surface area contributed by atoms with Gasteiger partial charge in [-0.1, -0.05) is 6.92 Å². The smallest absolute Gasteiger partial charge is 0.137 e. The first-order valence-corrected chi connectivity index (χ1v) is 6.62. The Morgan fingerprint density at radius 1 is 1.41 bits per heavy atom. The lowest BCUT2D eigenvalue weighted by Crippen LogP contribution is -2.28. The van der Waals surface area contributed by atoms with Crippen LogP contribution >= 0.6 is 0 Å². The van der Waals surface area contributed by atoms with E-state index in [0.717, 1.165) is 31.1 Å². The van der Waals surface area contributed by atoms with Crippen molar-refractivity contribution >= 4 is 11.6 Å². The Morgan fingerprint density at radius 2 is 2.24 bits per heavy atom. The molecule has 1 saturated heterocycles. The van der Waals surface area contributed by atoms with Gasteiger partial charge in [-0.25, -0.2) is 9.97 Å². The molecule has 0 spiro atoms. The van der Waals surface area contributed by atoms with Crippen molar-refractivity contribution in [2.45, 2.75) is 46.1 Å². The van der Waals surface area contributed by atoms with E-state index >= 15 is 0 Å². The predicted octanol–water partition coefficient (Wildman–Crippen LogP) is 2.46. The third-order valence-electron chi connectivity index (χ3n) is 3.45. The molecule has 0 bridgehead atoms. The molecule has 1 atom stereocenters. The molecule has 0 radical (unpaired) electrons. The van der Waals surface area contributed by atoms with Gasteiger partial charge in [0, 0.05) is 24.7 Å². The molecule has 0 amide bonds. The molecule has 4 heteroatoms. The van der Waals surface area contributed by atoms with Crippen molar-refractivity contribution in [1.82, 2.24) is 9.97 Å². The Kier molecular flexibility index (Phi) is 3.82. The molecular weight excluding hydrogens is 212 g/mol. The van der Waals surface area contributed by atoms with Gasteiger partial charge in [-0.05, 0) is 33.1 Å². The van der Waals surface area contributed by atoms with E-state index in [-0.39, 0.29) is 0 Å². The van der Waals surface area contributed by atoms with Crippen molar-refractivity contribution in [3.8, 4) is 0 Å². The maximum Gasteiger partial charge on any atom is 0.137 e. The largest absolute Gasteiger partial charge is 0.370 e. The van der Waals surface area contributed by atoms with Gasteiger partial charge in [0.2, 0.25) is 0 Å². The number of aromatic nitrogens is 2. The lowest BCUT2D eigenvalue weighted by atomic mass is 10.2. The Bertz CT molecular complexity index is 378. The minimum absolute atomic E-state index is 0.602. The average Bonchev–Trinajstić information content (AvgIpc) is 2.75. The van der Waals surface area contributed by atoms with Crippen LogP contribution in [0.5, 0.6) is 0 Å². The van der Waals surface area contributed by atoms with Crippen molar-refractivity contribution in [3.63, 3.8) is 0 Å². The van der Waals surface area contributed by atoms with E-state index in [1.807, 2.05) is 0 Å². The minimum atomic E-state index is 0.602. The highest BCUT2D eigenvalue weighted by atomic mass is 15.2. The SMILES string of the molecule is CCNc1ncnc(N2CCCC2C)c1CC. The molecule has 0 aromatic carbocycles. The molecule has 1 aliphatic rings. The lowest BCUT2D eigenvalue weighted by Gasteiger charge is -2.25. The predicted molar refractivity (Wildman–Crippen MR) is 71.6 cm³/mol. The fourth-order valence-corrected chi connectivity index (χ4v) is 2.54. The quantitative estimate of drug-likeness (QED) is 0.869. The molecule has 0 saturated carbocycles. The second-order valence-electron chi connectivity index (χ2n) is 4.59.